The van der Waals surface area contributed by atoms with Crippen LogP contribution in [0.25, 0.3) is 0 Å². The van der Waals surface area contributed by atoms with E-state index in [1.165, 1.54) is 0 Å². The molecule has 1 amide bonds. The Kier molecular flexibility index (Phi) is 4.45. The average molecular weight is 226 g/mol. The third kappa shape index (κ3) is 3.45. The van der Waals surface area contributed by atoms with Gasteiger partial charge in [0.1, 0.15) is 0 Å². The number of carbonyl (C=O) groups excluding carboxylic acids is 1. The number of thioether (sulfide) groups is 1. The number of methoxy groups -OCH3 is 1. The summed E-state index contributed by atoms with van der Waals surface area (Å²) in [5.74, 6) is 0.353. The largest absolute Gasteiger partial charge is 0.398 e. The minimum absolute atomic E-state index is 0.441. The molecule has 0 aliphatic rings. The number of anilines is 1. The molecule has 0 saturated carbocycles. The molecule has 0 aliphatic heterocycles. The zero-order chi connectivity index (χ0) is 11.3. The minimum atomic E-state index is -0.441. The molecule has 1 aromatic carbocycles. The lowest BCUT2D eigenvalue weighted by Gasteiger charge is -2.06. The SMILES string of the molecule is COCCSc1cc(C(N)=O)ccc1N. The molecular weight excluding hydrogens is 212 g/mol. The minimum Gasteiger partial charge on any atom is -0.398 e. The third-order valence-electron chi connectivity index (χ3n) is 1.84. The summed E-state index contributed by atoms with van der Waals surface area (Å²) in [5.41, 5.74) is 12.1. The predicted octanol–water partition coefficient (Wildman–Crippen LogP) is 1.11. The molecule has 0 fully saturated rings. The number of amides is 1. The molecule has 15 heavy (non-hydrogen) atoms. The monoisotopic (exact) mass is 226 g/mol. The van der Waals surface area contributed by atoms with Crippen molar-refractivity contribution < 1.29 is 9.53 Å². The normalized spacial score (nSPS) is 10.2. The van der Waals surface area contributed by atoms with Crippen LogP contribution in [-0.4, -0.2) is 25.4 Å². The van der Waals surface area contributed by atoms with Gasteiger partial charge in [0.15, 0.2) is 0 Å². The molecule has 82 valence electrons. The Morgan fingerprint density at radius 1 is 1.53 bits per heavy atom. The van der Waals surface area contributed by atoms with Gasteiger partial charge in [-0.05, 0) is 18.2 Å². The van der Waals surface area contributed by atoms with Crippen LogP contribution in [0.5, 0.6) is 0 Å². The second kappa shape index (κ2) is 5.63. The van der Waals surface area contributed by atoms with Crippen molar-refractivity contribution in [2.75, 3.05) is 25.2 Å². The Labute approximate surface area is 93.0 Å². The number of carbonyl (C=O) groups is 1. The molecule has 4 nitrogen and oxygen atoms in total. The lowest BCUT2D eigenvalue weighted by molar-refractivity contribution is 0.1000. The topological polar surface area (TPSA) is 78.3 Å². The molecule has 0 heterocycles. The molecule has 0 aliphatic carbocycles. The maximum Gasteiger partial charge on any atom is 0.248 e. The maximum absolute atomic E-state index is 10.9. The Balaban J connectivity index is 2.76. The molecule has 0 unspecified atom stereocenters. The number of primary amides is 1. The van der Waals surface area contributed by atoms with Crippen LogP contribution in [0.15, 0.2) is 23.1 Å². The lowest BCUT2D eigenvalue weighted by Crippen LogP contribution is -2.11. The van der Waals surface area contributed by atoms with E-state index < -0.39 is 5.91 Å². The van der Waals surface area contributed by atoms with Gasteiger partial charge in [-0.3, -0.25) is 4.79 Å². The molecule has 0 bridgehead atoms. The van der Waals surface area contributed by atoms with E-state index in [2.05, 4.69) is 0 Å². The van der Waals surface area contributed by atoms with E-state index >= 15 is 0 Å². The Bertz CT molecular complexity index is 355. The fraction of sp³-hybridized carbons (Fsp3) is 0.300. The summed E-state index contributed by atoms with van der Waals surface area (Å²) in [4.78, 5) is 11.8. The van der Waals surface area contributed by atoms with Crippen molar-refractivity contribution in [2.45, 2.75) is 4.90 Å². The highest BCUT2D eigenvalue weighted by atomic mass is 32.2. The molecule has 1 aromatic rings. The summed E-state index contributed by atoms with van der Waals surface area (Å²) in [7, 11) is 1.64. The summed E-state index contributed by atoms with van der Waals surface area (Å²) in [6.45, 7) is 0.644. The van der Waals surface area contributed by atoms with Crippen LogP contribution in [0.3, 0.4) is 0 Å². The van der Waals surface area contributed by atoms with Gasteiger partial charge in [-0.1, -0.05) is 0 Å². The number of hydrogen-bond acceptors (Lipinski definition) is 4. The number of nitrogen functional groups attached to an aromatic ring is 1. The molecule has 0 radical (unpaired) electrons. The van der Waals surface area contributed by atoms with Crippen LogP contribution >= 0.6 is 11.8 Å². The second-order valence-electron chi connectivity index (χ2n) is 2.96. The summed E-state index contributed by atoms with van der Waals surface area (Å²) < 4.78 is 4.93. The average Bonchev–Trinajstić information content (AvgIpc) is 2.20. The number of ether oxygens (including phenoxy) is 1. The van der Waals surface area contributed by atoms with Gasteiger partial charge in [0.2, 0.25) is 5.91 Å². The van der Waals surface area contributed by atoms with Gasteiger partial charge < -0.3 is 16.2 Å². The molecule has 0 atom stereocenters. The quantitative estimate of drug-likeness (QED) is 0.448. The fourth-order valence-electron chi connectivity index (χ4n) is 1.05. The first-order valence-corrected chi connectivity index (χ1v) is 5.44. The van der Waals surface area contributed by atoms with Crippen molar-refractivity contribution in [1.82, 2.24) is 0 Å². The summed E-state index contributed by atoms with van der Waals surface area (Å²) in [6, 6.07) is 5.02. The zero-order valence-corrected chi connectivity index (χ0v) is 9.34. The van der Waals surface area contributed by atoms with Crippen molar-refractivity contribution in [1.29, 1.82) is 0 Å². The van der Waals surface area contributed by atoms with Crippen molar-refractivity contribution in [3.63, 3.8) is 0 Å². The molecular formula is C10H14N2O2S. The Morgan fingerprint density at radius 2 is 2.27 bits per heavy atom. The van der Waals surface area contributed by atoms with E-state index in [9.17, 15) is 4.79 Å². The van der Waals surface area contributed by atoms with Crippen molar-refractivity contribution in [2.24, 2.45) is 5.73 Å². The smallest absolute Gasteiger partial charge is 0.248 e. The van der Waals surface area contributed by atoms with E-state index in [-0.39, 0.29) is 0 Å². The Hall–Kier alpha value is -1.20. The van der Waals surface area contributed by atoms with Gasteiger partial charge in [-0.2, -0.15) is 0 Å². The molecule has 0 spiro atoms. The molecule has 0 aromatic heterocycles. The van der Waals surface area contributed by atoms with Crippen LogP contribution in [0.2, 0.25) is 0 Å². The van der Waals surface area contributed by atoms with Crippen LogP contribution in [0.1, 0.15) is 10.4 Å². The highest BCUT2D eigenvalue weighted by Gasteiger charge is 2.05. The van der Waals surface area contributed by atoms with Gasteiger partial charge in [-0.15, -0.1) is 11.8 Å². The zero-order valence-electron chi connectivity index (χ0n) is 8.53. The van der Waals surface area contributed by atoms with Crippen LogP contribution in [-0.2, 0) is 4.74 Å². The van der Waals surface area contributed by atoms with Gasteiger partial charge in [-0.25, -0.2) is 0 Å². The summed E-state index contributed by atoms with van der Waals surface area (Å²) >= 11 is 1.55. The number of hydrogen-bond donors (Lipinski definition) is 2. The summed E-state index contributed by atoms with van der Waals surface area (Å²) in [5, 5.41) is 0. The number of nitrogens with two attached hydrogens (primary N) is 2. The number of rotatable bonds is 5. The predicted molar refractivity (Wildman–Crippen MR) is 62.0 cm³/mol. The van der Waals surface area contributed by atoms with Crippen LogP contribution < -0.4 is 11.5 Å². The van der Waals surface area contributed by atoms with Crippen molar-refractivity contribution >= 4 is 23.4 Å². The van der Waals surface area contributed by atoms with Crippen LogP contribution in [0, 0.1) is 0 Å². The van der Waals surface area contributed by atoms with E-state index in [0.717, 1.165) is 10.6 Å². The standard InChI is InChI=1S/C10H14N2O2S/c1-14-4-5-15-9-6-7(10(12)13)2-3-8(9)11/h2-3,6H,4-5,11H2,1H3,(H2,12,13). The molecule has 5 heteroatoms. The highest BCUT2D eigenvalue weighted by molar-refractivity contribution is 7.99. The van der Waals surface area contributed by atoms with Gasteiger partial charge >= 0.3 is 0 Å². The Morgan fingerprint density at radius 3 is 2.87 bits per heavy atom. The second-order valence-corrected chi connectivity index (χ2v) is 4.09. The maximum atomic E-state index is 10.9. The number of benzene rings is 1. The van der Waals surface area contributed by atoms with Crippen molar-refractivity contribution in [3.05, 3.63) is 23.8 Å². The fourth-order valence-corrected chi connectivity index (χ4v) is 1.96. The first-order chi connectivity index (χ1) is 7.15. The first kappa shape index (κ1) is 11.9. The summed E-state index contributed by atoms with van der Waals surface area (Å²) in [6.07, 6.45) is 0. The molecule has 1 rings (SSSR count). The van der Waals surface area contributed by atoms with E-state index in [4.69, 9.17) is 16.2 Å². The van der Waals surface area contributed by atoms with Gasteiger partial charge in [0.05, 0.1) is 6.61 Å². The van der Waals surface area contributed by atoms with Gasteiger partial charge in [0.25, 0.3) is 0 Å². The first-order valence-electron chi connectivity index (χ1n) is 4.46. The van der Waals surface area contributed by atoms with Crippen molar-refractivity contribution in [3.8, 4) is 0 Å². The third-order valence-corrected chi connectivity index (χ3v) is 2.88. The van der Waals surface area contributed by atoms with Gasteiger partial charge in [0, 0.05) is 29.0 Å². The molecule has 4 N–H and O–H groups in total. The van der Waals surface area contributed by atoms with E-state index in [1.54, 1.807) is 37.1 Å². The van der Waals surface area contributed by atoms with Crippen LogP contribution in [0.4, 0.5) is 5.69 Å². The van der Waals surface area contributed by atoms with E-state index in [1.807, 2.05) is 0 Å². The lowest BCUT2D eigenvalue weighted by atomic mass is 10.2. The van der Waals surface area contributed by atoms with E-state index in [0.29, 0.717) is 17.9 Å². The molecule has 0 saturated heterocycles. The highest BCUT2D eigenvalue weighted by Crippen LogP contribution is 2.25.